The molecule has 5 rings (SSSR count). The largest absolute Gasteiger partial charge is 0.350 e. The lowest BCUT2D eigenvalue weighted by molar-refractivity contribution is -0.132. The Labute approximate surface area is 122 Å². The van der Waals surface area contributed by atoms with Gasteiger partial charge in [-0.05, 0) is 82.6 Å². The van der Waals surface area contributed by atoms with Crippen molar-refractivity contribution < 1.29 is 4.79 Å². The summed E-state index contributed by atoms with van der Waals surface area (Å²) in [7, 11) is 0. The standard InChI is InChI=1S/C17H28N2O/c1-11-15(3-2-4-18-11)16(20)19-17-8-12-5-13(9-17)7-14(6-12)10-17/h11-15,18H,2-10H2,1H3,(H,19,20). The van der Waals surface area contributed by atoms with Crippen molar-refractivity contribution in [1.29, 1.82) is 0 Å². The van der Waals surface area contributed by atoms with Crippen molar-refractivity contribution in [2.45, 2.75) is 69.9 Å². The van der Waals surface area contributed by atoms with Gasteiger partial charge in [0.15, 0.2) is 0 Å². The second-order valence-corrected chi connectivity index (χ2v) is 8.18. The lowest BCUT2D eigenvalue weighted by Crippen LogP contribution is -2.62. The summed E-state index contributed by atoms with van der Waals surface area (Å²) in [5, 5.41) is 7.01. The maximum Gasteiger partial charge on any atom is 0.225 e. The van der Waals surface area contributed by atoms with E-state index in [2.05, 4.69) is 17.6 Å². The highest BCUT2D eigenvalue weighted by Crippen LogP contribution is 2.55. The molecule has 1 aliphatic heterocycles. The van der Waals surface area contributed by atoms with Gasteiger partial charge in [0, 0.05) is 11.6 Å². The van der Waals surface area contributed by atoms with Crippen molar-refractivity contribution in [3.63, 3.8) is 0 Å². The van der Waals surface area contributed by atoms with Crippen LogP contribution >= 0.6 is 0 Å². The predicted molar refractivity (Wildman–Crippen MR) is 79.2 cm³/mol. The minimum Gasteiger partial charge on any atom is -0.350 e. The van der Waals surface area contributed by atoms with Crippen molar-refractivity contribution >= 4 is 5.91 Å². The quantitative estimate of drug-likeness (QED) is 0.813. The highest BCUT2D eigenvalue weighted by atomic mass is 16.2. The summed E-state index contributed by atoms with van der Waals surface area (Å²) >= 11 is 0. The summed E-state index contributed by atoms with van der Waals surface area (Å²) in [5.74, 6) is 3.25. The number of amides is 1. The Morgan fingerprint density at radius 2 is 1.70 bits per heavy atom. The van der Waals surface area contributed by atoms with Crippen molar-refractivity contribution in [3.8, 4) is 0 Å². The van der Waals surface area contributed by atoms with E-state index in [4.69, 9.17) is 0 Å². The molecule has 112 valence electrons. The molecule has 0 aromatic carbocycles. The zero-order valence-electron chi connectivity index (χ0n) is 12.7. The monoisotopic (exact) mass is 276 g/mol. The molecule has 0 spiro atoms. The average Bonchev–Trinajstić information content (AvgIpc) is 2.36. The van der Waals surface area contributed by atoms with Crippen molar-refractivity contribution in [2.75, 3.05) is 6.54 Å². The van der Waals surface area contributed by atoms with E-state index in [-0.39, 0.29) is 11.5 Å². The zero-order chi connectivity index (χ0) is 13.7. The molecule has 1 heterocycles. The lowest BCUT2D eigenvalue weighted by Gasteiger charge is -2.57. The Kier molecular flexibility index (Phi) is 3.10. The van der Waals surface area contributed by atoms with Gasteiger partial charge < -0.3 is 10.6 Å². The number of hydrogen-bond acceptors (Lipinski definition) is 2. The normalized spacial score (nSPS) is 50.1. The molecule has 5 aliphatic rings. The minimum absolute atomic E-state index is 0.184. The Hall–Kier alpha value is -0.570. The molecule has 5 fully saturated rings. The van der Waals surface area contributed by atoms with Gasteiger partial charge in [0.05, 0.1) is 5.92 Å². The Balaban J connectivity index is 1.47. The Morgan fingerprint density at radius 1 is 1.10 bits per heavy atom. The number of carbonyl (C=O) groups is 1. The number of piperidine rings is 1. The van der Waals surface area contributed by atoms with E-state index in [1.807, 2.05) is 0 Å². The predicted octanol–water partition coefficient (Wildman–Crippen LogP) is 2.46. The van der Waals surface area contributed by atoms with Crippen LogP contribution in [0.4, 0.5) is 0 Å². The topological polar surface area (TPSA) is 41.1 Å². The second-order valence-electron chi connectivity index (χ2n) is 8.18. The van der Waals surface area contributed by atoms with Gasteiger partial charge >= 0.3 is 0 Å². The van der Waals surface area contributed by atoms with Gasteiger partial charge in [-0.1, -0.05) is 0 Å². The van der Waals surface area contributed by atoms with Crippen molar-refractivity contribution in [2.24, 2.45) is 23.7 Å². The molecule has 1 saturated heterocycles. The molecular formula is C17H28N2O. The van der Waals surface area contributed by atoms with Crippen LogP contribution in [0.25, 0.3) is 0 Å². The van der Waals surface area contributed by atoms with E-state index >= 15 is 0 Å². The molecule has 3 heteroatoms. The molecule has 20 heavy (non-hydrogen) atoms. The van der Waals surface area contributed by atoms with E-state index in [0.29, 0.717) is 11.9 Å². The van der Waals surface area contributed by atoms with Crippen LogP contribution in [0, 0.1) is 23.7 Å². The third-order valence-electron chi connectivity index (χ3n) is 6.53. The van der Waals surface area contributed by atoms with Crippen LogP contribution in [-0.4, -0.2) is 24.0 Å². The maximum absolute atomic E-state index is 12.7. The second kappa shape index (κ2) is 4.72. The van der Waals surface area contributed by atoms with Gasteiger partial charge in [-0.25, -0.2) is 0 Å². The molecule has 4 saturated carbocycles. The average molecular weight is 276 g/mol. The van der Waals surface area contributed by atoms with Gasteiger partial charge in [0.2, 0.25) is 5.91 Å². The fourth-order valence-corrected chi connectivity index (χ4v) is 6.02. The third-order valence-corrected chi connectivity index (χ3v) is 6.53. The first-order valence-corrected chi connectivity index (χ1v) is 8.69. The van der Waals surface area contributed by atoms with E-state index in [1.165, 1.54) is 38.5 Å². The molecule has 0 aromatic rings. The summed E-state index contributed by atoms with van der Waals surface area (Å²) < 4.78 is 0. The molecule has 2 atom stereocenters. The van der Waals surface area contributed by atoms with Gasteiger partial charge in [-0.2, -0.15) is 0 Å². The summed E-state index contributed by atoms with van der Waals surface area (Å²) in [5.41, 5.74) is 0.184. The van der Waals surface area contributed by atoms with Crippen molar-refractivity contribution in [1.82, 2.24) is 10.6 Å². The molecule has 4 bridgehead atoms. The van der Waals surface area contributed by atoms with Crippen LogP contribution in [0.2, 0.25) is 0 Å². The fraction of sp³-hybridized carbons (Fsp3) is 0.941. The maximum atomic E-state index is 12.7. The van der Waals surface area contributed by atoms with Crippen LogP contribution < -0.4 is 10.6 Å². The fourth-order valence-electron chi connectivity index (χ4n) is 6.02. The van der Waals surface area contributed by atoms with E-state index in [0.717, 1.165) is 37.1 Å². The summed E-state index contributed by atoms with van der Waals surface area (Å²) in [6, 6.07) is 0.345. The summed E-state index contributed by atoms with van der Waals surface area (Å²) in [6.45, 7) is 3.24. The third kappa shape index (κ3) is 2.18. The lowest BCUT2D eigenvalue weighted by atomic mass is 9.53. The van der Waals surface area contributed by atoms with Crippen LogP contribution in [0.3, 0.4) is 0 Å². The SMILES string of the molecule is CC1NCCCC1C(=O)NC12CC3CC(CC(C3)C1)C2. The van der Waals surface area contributed by atoms with Gasteiger partial charge in [-0.3, -0.25) is 4.79 Å². The molecule has 0 radical (unpaired) electrons. The van der Waals surface area contributed by atoms with Crippen LogP contribution in [0.5, 0.6) is 0 Å². The van der Waals surface area contributed by atoms with Crippen LogP contribution in [0.1, 0.15) is 58.3 Å². The molecule has 4 aliphatic carbocycles. The van der Waals surface area contributed by atoms with Crippen molar-refractivity contribution in [3.05, 3.63) is 0 Å². The molecule has 2 unspecified atom stereocenters. The first-order valence-electron chi connectivity index (χ1n) is 8.69. The molecule has 1 amide bonds. The molecule has 3 nitrogen and oxygen atoms in total. The van der Waals surface area contributed by atoms with Gasteiger partial charge in [-0.15, -0.1) is 0 Å². The zero-order valence-corrected chi connectivity index (χ0v) is 12.7. The Morgan fingerprint density at radius 3 is 2.25 bits per heavy atom. The summed E-state index contributed by atoms with van der Waals surface area (Å²) in [6.07, 6.45) is 10.3. The summed E-state index contributed by atoms with van der Waals surface area (Å²) in [4.78, 5) is 12.7. The highest BCUT2D eigenvalue weighted by molar-refractivity contribution is 5.80. The highest BCUT2D eigenvalue weighted by Gasteiger charge is 2.52. The smallest absolute Gasteiger partial charge is 0.225 e. The molecule has 2 N–H and O–H groups in total. The van der Waals surface area contributed by atoms with Gasteiger partial charge in [0.25, 0.3) is 0 Å². The number of hydrogen-bond donors (Lipinski definition) is 2. The minimum atomic E-state index is 0.184. The Bertz CT molecular complexity index is 371. The number of rotatable bonds is 2. The number of carbonyl (C=O) groups excluding carboxylic acids is 1. The van der Waals surface area contributed by atoms with Crippen LogP contribution in [-0.2, 0) is 4.79 Å². The first-order chi connectivity index (χ1) is 9.63. The first kappa shape index (κ1) is 13.1. The van der Waals surface area contributed by atoms with E-state index in [1.54, 1.807) is 0 Å². The van der Waals surface area contributed by atoms with Crippen LogP contribution in [0.15, 0.2) is 0 Å². The van der Waals surface area contributed by atoms with E-state index < -0.39 is 0 Å². The number of nitrogens with one attached hydrogen (secondary N) is 2. The molecule has 0 aromatic heterocycles. The van der Waals surface area contributed by atoms with E-state index in [9.17, 15) is 4.79 Å². The molecular weight excluding hydrogens is 248 g/mol. The van der Waals surface area contributed by atoms with Gasteiger partial charge in [0.1, 0.15) is 0 Å².